The smallest absolute Gasteiger partial charge is 0.224 e. The molecule has 1 aromatic heterocycles. The van der Waals surface area contributed by atoms with E-state index in [1.165, 1.54) is 16.7 Å². The molecule has 2 saturated heterocycles. The summed E-state index contributed by atoms with van der Waals surface area (Å²) in [5.41, 5.74) is 9.18. The van der Waals surface area contributed by atoms with Gasteiger partial charge in [-0.05, 0) is 56.3 Å². The Bertz CT molecular complexity index is 961. The lowest BCUT2D eigenvalue weighted by molar-refractivity contribution is -0.130. The average Bonchev–Trinajstić information content (AvgIpc) is 3.20. The third kappa shape index (κ3) is 4.88. The fraction of sp³-hybridized carbons (Fsp3) is 0.560. The van der Waals surface area contributed by atoms with Crippen molar-refractivity contribution >= 4 is 11.8 Å². The molecule has 4 rings (SSSR count). The van der Waals surface area contributed by atoms with Crippen LogP contribution in [0.3, 0.4) is 0 Å². The highest BCUT2D eigenvalue weighted by molar-refractivity contribution is 5.81. The zero-order chi connectivity index (χ0) is 22.7. The maximum Gasteiger partial charge on any atom is 0.224 e. The first-order valence-electron chi connectivity index (χ1n) is 11.7. The van der Waals surface area contributed by atoms with Gasteiger partial charge in [0.05, 0.1) is 11.6 Å². The van der Waals surface area contributed by atoms with Crippen molar-refractivity contribution in [2.45, 2.75) is 51.5 Å². The van der Waals surface area contributed by atoms with E-state index in [0.29, 0.717) is 12.3 Å². The Kier molecular flexibility index (Phi) is 6.65. The number of nitrogens with two attached hydrogens (primary N) is 1. The van der Waals surface area contributed by atoms with Gasteiger partial charge in [-0.25, -0.2) is 0 Å². The van der Waals surface area contributed by atoms with Crippen molar-refractivity contribution in [2.24, 2.45) is 18.2 Å². The summed E-state index contributed by atoms with van der Waals surface area (Å²) in [5, 5.41) is 4.26. The second kappa shape index (κ2) is 9.45. The van der Waals surface area contributed by atoms with Crippen LogP contribution in [0.1, 0.15) is 55.2 Å². The topological polar surface area (TPSA) is 84.5 Å². The molecule has 2 fully saturated rings. The van der Waals surface area contributed by atoms with Gasteiger partial charge in [-0.3, -0.25) is 19.2 Å². The third-order valence-electron chi connectivity index (χ3n) is 7.39. The number of carbonyl (C=O) groups is 2. The summed E-state index contributed by atoms with van der Waals surface area (Å²) in [6.45, 7) is 5.79. The lowest BCUT2D eigenvalue weighted by atomic mass is 9.71. The molecule has 2 aliphatic rings. The normalized spacial score (nSPS) is 21.4. The van der Waals surface area contributed by atoms with Crippen LogP contribution in [-0.2, 0) is 29.6 Å². The van der Waals surface area contributed by atoms with E-state index in [-0.39, 0.29) is 11.8 Å². The summed E-state index contributed by atoms with van der Waals surface area (Å²) >= 11 is 0. The molecule has 1 atom stereocenters. The Labute approximate surface area is 190 Å². The van der Waals surface area contributed by atoms with E-state index in [9.17, 15) is 9.59 Å². The highest BCUT2D eigenvalue weighted by Crippen LogP contribution is 2.38. The standard InChI is InChI=1S/C25H35N5O2/c1-19(31)30-11-5-7-22(18-30)23-8-4-3-6-21(23)14-25(24(26)32)9-12-29(13-10-25)17-20-15-27-28(2)16-20/h3-4,6,8,15-16,22H,5,7,9-14,17-18H2,1-2H3,(H2,26,32)/t22-/m1/s1. The molecule has 2 aliphatic heterocycles. The molecule has 172 valence electrons. The fourth-order valence-electron chi connectivity index (χ4n) is 5.44. The van der Waals surface area contributed by atoms with Crippen molar-refractivity contribution in [1.29, 1.82) is 0 Å². The predicted molar refractivity (Wildman–Crippen MR) is 124 cm³/mol. The molecule has 2 aromatic rings. The Hall–Kier alpha value is -2.67. The first-order chi connectivity index (χ1) is 15.4. The zero-order valence-corrected chi connectivity index (χ0v) is 19.3. The van der Waals surface area contributed by atoms with Crippen molar-refractivity contribution in [1.82, 2.24) is 19.6 Å². The molecule has 0 bridgehead atoms. The van der Waals surface area contributed by atoms with Crippen LogP contribution in [0.4, 0.5) is 0 Å². The van der Waals surface area contributed by atoms with Crippen LogP contribution in [0.15, 0.2) is 36.7 Å². The summed E-state index contributed by atoms with van der Waals surface area (Å²) in [6, 6.07) is 8.44. The maximum absolute atomic E-state index is 12.7. The van der Waals surface area contributed by atoms with Crippen LogP contribution in [-0.4, -0.2) is 57.6 Å². The van der Waals surface area contributed by atoms with E-state index >= 15 is 0 Å². The number of aryl methyl sites for hydroxylation is 1. The quantitative estimate of drug-likeness (QED) is 0.752. The molecule has 0 saturated carbocycles. The highest BCUT2D eigenvalue weighted by atomic mass is 16.2. The number of hydrogen-bond donors (Lipinski definition) is 1. The van der Waals surface area contributed by atoms with E-state index < -0.39 is 5.41 Å². The predicted octanol–water partition coefficient (Wildman–Crippen LogP) is 2.46. The molecule has 32 heavy (non-hydrogen) atoms. The SMILES string of the molecule is CC(=O)N1CCC[C@@H](c2ccccc2CC2(C(N)=O)CCN(Cc3cnn(C)c3)CC2)C1. The Morgan fingerprint density at radius 1 is 1.19 bits per heavy atom. The largest absolute Gasteiger partial charge is 0.369 e. The van der Waals surface area contributed by atoms with Crippen LogP contribution in [0.2, 0.25) is 0 Å². The van der Waals surface area contributed by atoms with E-state index in [1.807, 2.05) is 29.0 Å². The van der Waals surface area contributed by atoms with Gasteiger partial charge in [0.15, 0.2) is 0 Å². The van der Waals surface area contributed by atoms with Crippen molar-refractivity contribution in [2.75, 3.05) is 26.2 Å². The van der Waals surface area contributed by atoms with Gasteiger partial charge in [0.25, 0.3) is 0 Å². The second-order valence-corrected chi connectivity index (χ2v) is 9.62. The van der Waals surface area contributed by atoms with Gasteiger partial charge in [-0.2, -0.15) is 5.10 Å². The number of amides is 2. The van der Waals surface area contributed by atoms with E-state index in [1.54, 1.807) is 6.92 Å². The summed E-state index contributed by atoms with van der Waals surface area (Å²) in [4.78, 5) is 29.0. The molecular weight excluding hydrogens is 402 g/mol. The van der Waals surface area contributed by atoms with E-state index in [2.05, 4.69) is 34.3 Å². The number of primary amides is 1. The van der Waals surface area contributed by atoms with Crippen LogP contribution < -0.4 is 5.73 Å². The highest BCUT2D eigenvalue weighted by Gasteiger charge is 2.40. The number of carbonyl (C=O) groups excluding carboxylic acids is 2. The molecule has 0 spiro atoms. The minimum Gasteiger partial charge on any atom is -0.369 e. The minimum atomic E-state index is -0.517. The lowest BCUT2D eigenvalue weighted by Crippen LogP contribution is -2.48. The molecule has 3 heterocycles. The van der Waals surface area contributed by atoms with Crippen molar-refractivity contribution in [3.63, 3.8) is 0 Å². The number of nitrogens with zero attached hydrogens (tertiary/aromatic N) is 4. The first kappa shape index (κ1) is 22.5. The van der Waals surface area contributed by atoms with Gasteiger partial charge in [0.2, 0.25) is 11.8 Å². The summed E-state index contributed by atoms with van der Waals surface area (Å²) in [6.07, 6.45) is 8.24. The molecule has 7 nitrogen and oxygen atoms in total. The van der Waals surface area contributed by atoms with Crippen molar-refractivity contribution < 1.29 is 9.59 Å². The maximum atomic E-state index is 12.7. The van der Waals surface area contributed by atoms with Gasteiger partial charge >= 0.3 is 0 Å². The number of likely N-dealkylation sites (tertiary alicyclic amines) is 2. The average molecular weight is 438 g/mol. The number of piperidine rings is 2. The van der Waals surface area contributed by atoms with Gasteiger partial charge in [-0.15, -0.1) is 0 Å². The van der Waals surface area contributed by atoms with E-state index in [0.717, 1.165) is 58.4 Å². The summed E-state index contributed by atoms with van der Waals surface area (Å²) in [7, 11) is 1.93. The Balaban J connectivity index is 1.48. The summed E-state index contributed by atoms with van der Waals surface area (Å²) < 4.78 is 1.82. The Morgan fingerprint density at radius 3 is 2.59 bits per heavy atom. The molecule has 0 aliphatic carbocycles. The number of aromatic nitrogens is 2. The van der Waals surface area contributed by atoms with Crippen LogP contribution in [0.25, 0.3) is 0 Å². The van der Waals surface area contributed by atoms with Gasteiger partial charge in [-0.1, -0.05) is 24.3 Å². The van der Waals surface area contributed by atoms with Crippen molar-refractivity contribution in [3.8, 4) is 0 Å². The van der Waals surface area contributed by atoms with Gasteiger partial charge < -0.3 is 10.6 Å². The van der Waals surface area contributed by atoms with Gasteiger partial charge in [0, 0.05) is 51.3 Å². The minimum absolute atomic E-state index is 0.141. The molecule has 2 N–H and O–H groups in total. The second-order valence-electron chi connectivity index (χ2n) is 9.62. The molecule has 0 unspecified atom stereocenters. The molecule has 0 radical (unpaired) electrons. The number of rotatable bonds is 6. The summed E-state index contributed by atoms with van der Waals surface area (Å²) in [5.74, 6) is 0.267. The lowest BCUT2D eigenvalue weighted by Gasteiger charge is -2.40. The molecule has 7 heteroatoms. The first-order valence-corrected chi connectivity index (χ1v) is 11.7. The van der Waals surface area contributed by atoms with Crippen LogP contribution in [0.5, 0.6) is 0 Å². The van der Waals surface area contributed by atoms with Crippen molar-refractivity contribution in [3.05, 3.63) is 53.3 Å². The molecule has 2 amide bonds. The monoisotopic (exact) mass is 437 g/mol. The number of benzene rings is 1. The Morgan fingerprint density at radius 2 is 1.94 bits per heavy atom. The fourth-order valence-corrected chi connectivity index (χ4v) is 5.44. The van der Waals surface area contributed by atoms with Gasteiger partial charge in [0.1, 0.15) is 0 Å². The van der Waals surface area contributed by atoms with E-state index in [4.69, 9.17) is 5.73 Å². The third-order valence-corrected chi connectivity index (χ3v) is 7.39. The zero-order valence-electron chi connectivity index (χ0n) is 19.3. The molecular formula is C25H35N5O2. The molecule has 1 aromatic carbocycles. The number of hydrogen-bond acceptors (Lipinski definition) is 4. The van der Waals surface area contributed by atoms with Crippen LogP contribution >= 0.6 is 0 Å². The van der Waals surface area contributed by atoms with Crippen LogP contribution in [0, 0.1) is 5.41 Å².